The summed E-state index contributed by atoms with van der Waals surface area (Å²) < 4.78 is 0. The van der Waals surface area contributed by atoms with Gasteiger partial charge in [-0.1, -0.05) is 87.9 Å². The Morgan fingerprint density at radius 1 is 1.17 bits per heavy atom. The molecule has 1 fully saturated rings. The lowest BCUT2D eigenvalue weighted by molar-refractivity contribution is -0.144. The second kappa shape index (κ2) is 14.0. The number of hydrogen-bond acceptors (Lipinski definition) is 3. The van der Waals surface area contributed by atoms with Crippen molar-refractivity contribution in [2.45, 2.75) is 91.3 Å². The Morgan fingerprint density at radius 2 is 1.86 bits per heavy atom. The van der Waals surface area contributed by atoms with E-state index in [4.69, 9.17) is 5.10 Å². The summed E-state index contributed by atoms with van der Waals surface area (Å²) >= 11 is 0. The Balaban J connectivity index is 2.27. The van der Waals surface area contributed by atoms with Crippen LogP contribution in [0.5, 0.6) is 0 Å². The molecule has 1 N–H and O–H groups in total. The van der Waals surface area contributed by atoms with Crippen molar-refractivity contribution in [1.29, 1.82) is 0 Å². The fourth-order valence-electron chi connectivity index (χ4n) is 5.70. The first-order valence-corrected chi connectivity index (χ1v) is 17.3. The van der Waals surface area contributed by atoms with Crippen LogP contribution in [0.3, 0.4) is 0 Å². The number of carboxylic acids is 1. The van der Waals surface area contributed by atoms with Crippen molar-refractivity contribution < 1.29 is 9.90 Å². The van der Waals surface area contributed by atoms with Gasteiger partial charge in [-0.15, -0.1) is 0 Å². The van der Waals surface area contributed by atoms with Gasteiger partial charge in [-0.3, -0.25) is 4.79 Å². The van der Waals surface area contributed by atoms with E-state index in [9.17, 15) is 9.90 Å². The van der Waals surface area contributed by atoms with Gasteiger partial charge in [0.05, 0.1) is 14.0 Å². The van der Waals surface area contributed by atoms with E-state index >= 15 is 0 Å². The van der Waals surface area contributed by atoms with Crippen LogP contribution >= 0.6 is 0 Å². The minimum absolute atomic E-state index is 0.186. The number of aryl methyl sites for hydroxylation is 1. The average Bonchev–Trinajstić information content (AvgIpc) is 2.77. The minimum Gasteiger partial charge on any atom is -0.481 e. The van der Waals surface area contributed by atoms with E-state index in [1.54, 1.807) is 0 Å². The predicted molar refractivity (Wildman–Crippen MR) is 153 cm³/mol. The molecule has 0 aromatic heterocycles. The highest BCUT2D eigenvalue weighted by atomic mass is 28.3. The number of benzene rings is 1. The SMILES string of the molecule is CCCC[C@H](C(=O)O)[C@@H]1CC[C@@H](C)[C@H](CC/C(CCc2ccccc2)=N/N(C)C)/C1=C\[Si](C)(C)C. The van der Waals surface area contributed by atoms with Gasteiger partial charge in [-0.05, 0) is 68.3 Å². The zero-order chi connectivity index (χ0) is 26.0. The highest BCUT2D eigenvalue weighted by molar-refractivity contribution is 6.81. The van der Waals surface area contributed by atoms with Crippen LogP contribution < -0.4 is 0 Å². The van der Waals surface area contributed by atoms with E-state index in [-0.39, 0.29) is 11.8 Å². The number of hydrazone groups is 1. The standard InChI is InChI=1S/C30H50N2O2Si/c1-8-9-15-28(30(33)34)27-20-16-23(2)26(29(27)22-35(5,6)7)21-19-25(31-32(3)4)18-17-24-13-11-10-12-14-24/h10-14,22-23,26-28H,8-9,15-21H2,1-7H3,(H,33,34)/b29-22+,31-25+/t23-,26+,27+,28+/m1/s1. The summed E-state index contributed by atoms with van der Waals surface area (Å²) in [5.74, 6) is 0.374. The molecule has 1 saturated carbocycles. The zero-order valence-electron chi connectivity index (χ0n) is 23.4. The number of nitrogens with zero attached hydrogens (tertiary/aromatic N) is 2. The molecule has 0 unspecified atom stereocenters. The third-order valence-electron chi connectivity index (χ3n) is 7.38. The Morgan fingerprint density at radius 3 is 2.43 bits per heavy atom. The molecule has 0 bridgehead atoms. The number of unbranched alkanes of at least 4 members (excludes halogenated alkanes) is 1. The van der Waals surface area contributed by atoms with E-state index in [1.165, 1.54) is 16.8 Å². The van der Waals surface area contributed by atoms with Gasteiger partial charge < -0.3 is 10.1 Å². The van der Waals surface area contributed by atoms with E-state index in [0.717, 1.165) is 57.8 Å². The molecule has 0 amide bonds. The van der Waals surface area contributed by atoms with Gasteiger partial charge >= 0.3 is 5.97 Å². The lowest BCUT2D eigenvalue weighted by Gasteiger charge is -2.41. The highest BCUT2D eigenvalue weighted by Crippen LogP contribution is 2.46. The van der Waals surface area contributed by atoms with E-state index < -0.39 is 14.0 Å². The summed E-state index contributed by atoms with van der Waals surface area (Å²) in [6, 6.07) is 10.7. The smallest absolute Gasteiger partial charge is 0.307 e. The van der Waals surface area contributed by atoms with Crippen LogP contribution in [0, 0.1) is 23.7 Å². The first-order chi connectivity index (χ1) is 16.5. The van der Waals surface area contributed by atoms with Gasteiger partial charge in [0.15, 0.2) is 0 Å². The first kappa shape index (κ1) is 29.3. The molecule has 4 nitrogen and oxygen atoms in total. The van der Waals surface area contributed by atoms with Gasteiger partial charge in [-0.2, -0.15) is 5.10 Å². The fraction of sp³-hybridized carbons (Fsp3) is 0.667. The van der Waals surface area contributed by atoms with Gasteiger partial charge in [0, 0.05) is 19.8 Å². The van der Waals surface area contributed by atoms with Gasteiger partial charge in [0.25, 0.3) is 0 Å². The van der Waals surface area contributed by atoms with Gasteiger partial charge in [-0.25, -0.2) is 0 Å². The van der Waals surface area contributed by atoms with E-state index in [1.807, 2.05) is 19.1 Å². The molecule has 2 rings (SSSR count). The van der Waals surface area contributed by atoms with E-state index in [2.05, 4.69) is 69.5 Å². The molecule has 0 heterocycles. The van der Waals surface area contributed by atoms with Crippen molar-refractivity contribution in [2.24, 2.45) is 28.8 Å². The summed E-state index contributed by atoms with van der Waals surface area (Å²) in [6.45, 7) is 11.7. The number of allylic oxidation sites excluding steroid dienone is 1. The number of carboxylic acid groups (broad SMARTS) is 1. The van der Waals surface area contributed by atoms with Gasteiger partial charge in [0.1, 0.15) is 0 Å². The van der Waals surface area contributed by atoms with Crippen LogP contribution in [-0.4, -0.2) is 44.0 Å². The normalized spacial score (nSPS) is 23.3. The third-order valence-corrected chi connectivity index (χ3v) is 8.58. The lowest BCUT2D eigenvalue weighted by Crippen LogP contribution is -2.36. The van der Waals surface area contributed by atoms with Crippen molar-refractivity contribution in [3.63, 3.8) is 0 Å². The van der Waals surface area contributed by atoms with Crippen LogP contribution in [0.2, 0.25) is 19.6 Å². The molecule has 196 valence electrons. The van der Waals surface area contributed by atoms with E-state index in [0.29, 0.717) is 11.8 Å². The van der Waals surface area contributed by atoms with Crippen molar-refractivity contribution in [3.8, 4) is 0 Å². The predicted octanol–water partition coefficient (Wildman–Crippen LogP) is 7.67. The Labute approximate surface area is 215 Å². The molecule has 1 aromatic rings. The van der Waals surface area contributed by atoms with Gasteiger partial charge in [0.2, 0.25) is 0 Å². The third kappa shape index (κ3) is 9.95. The Kier molecular flexibility index (Phi) is 11.7. The number of rotatable bonds is 13. The maximum Gasteiger partial charge on any atom is 0.307 e. The van der Waals surface area contributed by atoms with Crippen LogP contribution in [0.1, 0.15) is 70.8 Å². The number of hydrogen-bond donors (Lipinski definition) is 1. The molecule has 0 spiro atoms. The topological polar surface area (TPSA) is 52.9 Å². The van der Waals surface area contributed by atoms with Crippen LogP contribution in [0.15, 0.2) is 46.7 Å². The van der Waals surface area contributed by atoms with Crippen LogP contribution in [-0.2, 0) is 11.2 Å². The maximum atomic E-state index is 12.4. The second-order valence-corrected chi connectivity index (χ2v) is 16.9. The molecular weight excluding hydrogens is 448 g/mol. The monoisotopic (exact) mass is 498 g/mol. The van der Waals surface area contributed by atoms with Crippen LogP contribution in [0.25, 0.3) is 0 Å². The lowest BCUT2D eigenvalue weighted by atomic mass is 9.65. The molecule has 5 heteroatoms. The number of carbonyl (C=O) groups is 1. The summed E-state index contributed by atoms with van der Waals surface area (Å²) in [6.07, 6.45) is 8.99. The quantitative estimate of drug-likeness (QED) is 0.172. The first-order valence-electron chi connectivity index (χ1n) is 13.7. The molecule has 0 aliphatic heterocycles. The molecule has 0 radical (unpaired) electrons. The fourth-order valence-corrected chi connectivity index (χ4v) is 7.12. The summed E-state index contributed by atoms with van der Waals surface area (Å²) in [4.78, 5) is 12.4. The van der Waals surface area contributed by atoms with Crippen molar-refractivity contribution in [1.82, 2.24) is 5.01 Å². The molecule has 35 heavy (non-hydrogen) atoms. The zero-order valence-corrected chi connectivity index (χ0v) is 24.4. The molecule has 1 aromatic carbocycles. The summed E-state index contributed by atoms with van der Waals surface area (Å²) in [7, 11) is 2.50. The summed E-state index contributed by atoms with van der Waals surface area (Å²) in [5.41, 5.74) is 6.64. The molecule has 1 aliphatic rings. The maximum absolute atomic E-state index is 12.4. The minimum atomic E-state index is -1.50. The van der Waals surface area contributed by atoms with Crippen LogP contribution in [0.4, 0.5) is 0 Å². The number of aliphatic carboxylic acids is 1. The molecular formula is C30H50N2O2Si. The Bertz CT molecular complexity index is 842. The second-order valence-electron chi connectivity index (χ2n) is 11.9. The molecule has 4 atom stereocenters. The average molecular weight is 499 g/mol. The molecule has 0 saturated heterocycles. The molecule has 1 aliphatic carbocycles. The highest BCUT2D eigenvalue weighted by Gasteiger charge is 2.39. The van der Waals surface area contributed by atoms with Crippen molar-refractivity contribution in [3.05, 3.63) is 47.2 Å². The van der Waals surface area contributed by atoms with Crippen molar-refractivity contribution >= 4 is 19.8 Å². The Hall–Kier alpha value is -1.88. The largest absolute Gasteiger partial charge is 0.481 e. The summed E-state index contributed by atoms with van der Waals surface area (Å²) in [5, 5.41) is 17.0. The van der Waals surface area contributed by atoms with Crippen molar-refractivity contribution in [2.75, 3.05) is 14.1 Å².